The van der Waals surface area contributed by atoms with Crippen LogP contribution in [-0.4, -0.2) is 19.7 Å². The van der Waals surface area contributed by atoms with E-state index in [9.17, 15) is 0 Å². The molecule has 7 heteroatoms. The molecule has 0 aliphatic heterocycles. The van der Waals surface area contributed by atoms with E-state index >= 15 is 0 Å². The van der Waals surface area contributed by atoms with E-state index < -0.39 is 0 Å². The van der Waals surface area contributed by atoms with Crippen LogP contribution in [0.1, 0.15) is 23.9 Å². The highest BCUT2D eigenvalue weighted by atomic mass is 32.2. The molecule has 0 amide bonds. The molecule has 0 N–H and O–H groups in total. The lowest BCUT2D eigenvalue weighted by Gasteiger charge is -2.06. The Balaban J connectivity index is 1.51. The van der Waals surface area contributed by atoms with Gasteiger partial charge in [0.2, 0.25) is 0 Å². The molecule has 0 bridgehead atoms. The Morgan fingerprint density at radius 1 is 1.19 bits per heavy atom. The number of benzene rings is 1. The number of thiazole rings is 1. The minimum atomic E-state index is 0.769. The first-order chi connectivity index (χ1) is 13.2. The second kappa shape index (κ2) is 7.70. The van der Waals surface area contributed by atoms with Crippen molar-refractivity contribution in [2.24, 2.45) is 0 Å². The van der Waals surface area contributed by atoms with Crippen molar-refractivity contribution >= 4 is 23.1 Å². The number of aryl methyl sites for hydroxylation is 2. The van der Waals surface area contributed by atoms with Gasteiger partial charge >= 0.3 is 0 Å². The van der Waals surface area contributed by atoms with Crippen LogP contribution in [-0.2, 0) is 12.3 Å². The maximum absolute atomic E-state index is 5.41. The van der Waals surface area contributed by atoms with Gasteiger partial charge in [-0.25, -0.2) is 4.98 Å². The van der Waals surface area contributed by atoms with Gasteiger partial charge in [-0.2, -0.15) is 0 Å². The van der Waals surface area contributed by atoms with Gasteiger partial charge in [-0.3, -0.25) is 0 Å². The molecular formula is C20H20N4OS2. The largest absolute Gasteiger partial charge is 0.469 e. The van der Waals surface area contributed by atoms with Crippen molar-refractivity contribution in [1.29, 1.82) is 0 Å². The van der Waals surface area contributed by atoms with Gasteiger partial charge in [0.25, 0.3) is 0 Å². The Morgan fingerprint density at radius 2 is 2.07 bits per heavy atom. The van der Waals surface area contributed by atoms with Crippen molar-refractivity contribution < 1.29 is 4.42 Å². The van der Waals surface area contributed by atoms with E-state index in [0.717, 1.165) is 45.3 Å². The molecule has 0 radical (unpaired) electrons. The topological polar surface area (TPSA) is 56.7 Å². The summed E-state index contributed by atoms with van der Waals surface area (Å²) in [5, 5.41) is 12.8. The standard InChI is InChI=1S/C20H20N4OS2/c1-4-24-18(17-8-9-25-14(17)3)22-23-20(24)27-12-16-11-26-19(21-16)15-7-5-6-13(2)10-15/h5-11H,4,12H2,1-3H3. The van der Waals surface area contributed by atoms with Crippen molar-refractivity contribution in [2.45, 2.75) is 38.2 Å². The Bertz CT molecular complexity index is 1060. The van der Waals surface area contributed by atoms with Crippen LogP contribution in [0.3, 0.4) is 0 Å². The quantitative estimate of drug-likeness (QED) is 0.398. The molecule has 5 nitrogen and oxygen atoms in total. The van der Waals surface area contributed by atoms with Gasteiger partial charge in [-0.15, -0.1) is 21.5 Å². The SMILES string of the molecule is CCn1c(SCc2csc(-c3cccc(C)c3)n2)nnc1-c1ccoc1C. The van der Waals surface area contributed by atoms with E-state index in [0.29, 0.717) is 0 Å². The first-order valence-electron chi connectivity index (χ1n) is 8.77. The fraction of sp³-hybridized carbons (Fsp3) is 0.250. The van der Waals surface area contributed by atoms with E-state index in [1.54, 1.807) is 29.4 Å². The predicted molar refractivity (Wildman–Crippen MR) is 110 cm³/mol. The van der Waals surface area contributed by atoms with Gasteiger partial charge in [0.1, 0.15) is 10.8 Å². The lowest BCUT2D eigenvalue weighted by atomic mass is 10.1. The van der Waals surface area contributed by atoms with Gasteiger partial charge in [0.05, 0.1) is 17.5 Å². The summed E-state index contributed by atoms with van der Waals surface area (Å²) in [6, 6.07) is 10.4. The third kappa shape index (κ3) is 3.70. The molecule has 3 aromatic heterocycles. The van der Waals surface area contributed by atoms with E-state index in [2.05, 4.69) is 58.3 Å². The molecule has 0 aliphatic carbocycles. The van der Waals surface area contributed by atoms with E-state index in [-0.39, 0.29) is 0 Å². The van der Waals surface area contributed by atoms with Crippen LogP contribution in [0, 0.1) is 13.8 Å². The fourth-order valence-corrected chi connectivity index (χ4v) is 4.74. The molecule has 0 aliphatic rings. The van der Waals surface area contributed by atoms with Crippen molar-refractivity contribution in [3.05, 3.63) is 59.0 Å². The molecule has 4 rings (SSSR count). The summed E-state index contributed by atoms with van der Waals surface area (Å²) in [6.07, 6.45) is 1.69. The number of aromatic nitrogens is 4. The highest BCUT2D eigenvalue weighted by molar-refractivity contribution is 7.98. The fourth-order valence-electron chi connectivity index (χ4n) is 2.92. The van der Waals surface area contributed by atoms with Crippen molar-refractivity contribution in [2.75, 3.05) is 0 Å². The second-order valence-electron chi connectivity index (χ2n) is 6.24. The first-order valence-corrected chi connectivity index (χ1v) is 10.6. The van der Waals surface area contributed by atoms with Crippen molar-refractivity contribution in [3.63, 3.8) is 0 Å². The maximum Gasteiger partial charge on any atom is 0.191 e. The molecule has 0 spiro atoms. The van der Waals surface area contributed by atoms with Crippen LogP contribution < -0.4 is 0 Å². The van der Waals surface area contributed by atoms with Crippen LogP contribution >= 0.6 is 23.1 Å². The summed E-state index contributed by atoms with van der Waals surface area (Å²) >= 11 is 3.35. The Kier molecular flexibility index (Phi) is 5.13. The van der Waals surface area contributed by atoms with E-state index in [1.165, 1.54) is 11.1 Å². The zero-order valence-corrected chi connectivity index (χ0v) is 17.1. The molecular weight excluding hydrogens is 376 g/mol. The van der Waals surface area contributed by atoms with Crippen LogP contribution in [0.5, 0.6) is 0 Å². The zero-order chi connectivity index (χ0) is 18.8. The lowest BCUT2D eigenvalue weighted by molar-refractivity contribution is 0.534. The highest BCUT2D eigenvalue weighted by Crippen LogP contribution is 2.30. The summed E-state index contributed by atoms with van der Waals surface area (Å²) in [5.41, 5.74) is 4.47. The minimum Gasteiger partial charge on any atom is -0.469 e. The van der Waals surface area contributed by atoms with Crippen LogP contribution in [0.15, 0.2) is 51.5 Å². The summed E-state index contributed by atoms with van der Waals surface area (Å²) in [4.78, 5) is 4.79. The summed E-state index contributed by atoms with van der Waals surface area (Å²) in [5.74, 6) is 2.48. The second-order valence-corrected chi connectivity index (χ2v) is 8.04. The van der Waals surface area contributed by atoms with E-state index in [1.807, 2.05) is 13.0 Å². The normalized spacial score (nSPS) is 11.2. The number of furan rings is 1. The molecule has 0 saturated heterocycles. The van der Waals surface area contributed by atoms with Crippen LogP contribution in [0.25, 0.3) is 22.0 Å². The van der Waals surface area contributed by atoms with Gasteiger partial charge in [0, 0.05) is 23.2 Å². The number of thioether (sulfide) groups is 1. The van der Waals surface area contributed by atoms with Crippen LogP contribution in [0.2, 0.25) is 0 Å². The third-order valence-corrected chi connectivity index (χ3v) is 6.24. The molecule has 27 heavy (non-hydrogen) atoms. The van der Waals surface area contributed by atoms with Gasteiger partial charge in [0.15, 0.2) is 11.0 Å². The van der Waals surface area contributed by atoms with Crippen molar-refractivity contribution in [3.8, 4) is 22.0 Å². The average Bonchev–Trinajstić information content (AvgIpc) is 3.38. The molecule has 138 valence electrons. The molecule has 3 heterocycles. The summed E-state index contributed by atoms with van der Waals surface area (Å²) in [6.45, 7) is 6.95. The Hall–Kier alpha value is -2.38. The summed E-state index contributed by atoms with van der Waals surface area (Å²) in [7, 11) is 0. The van der Waals surface area contributed by atoms with Gasteiger partial charge < -0.3 is 8.98 Å². The lowest BCUT2D eigenvalue weighted by Crippen LogP contribution is -2.00. The minimum absolute atomic E-state index is 0.769. The average molecular weight is 397 g/mol. The number of hydrogen-bond acceptors (Lipinski definition) is 6. The Morgan fingerprint density at radius 3 is 2.81 bits per heavy atom. The monoisotopic (exact) mass is 396 g/mol. The maximum atomic E-state index is 5.41. The van der Waals surface area contributed by atoms with Crippen molar-refractivity contribution in [1.82, 2.24) is 19.7 Å². The highest BCUT2D eigenvalue weighted by Gasteiger charge is 2.17. The molecule has 0 unspecified atom stereocenters. The number of rotatable bonds is 6. The molecule has 1 aromatic carbocycles. The number of nitrogens with zero attached hydrogens (tertiary/aromatic N) is 4. The molecule has 0 fully saturated rings. The molecule has 4 aromatic rings. The summed E-state index contributed by atoms with van der Waals surface area (Å²) < 4.78 is 7.53. The first kappa shape index (κ1) is 18.0. The predicted octanol–water partition coefficient (Wildman–Crippen LogP) is 5.59. The smallest absolute Gasteiger partial charge is 0.191 e. The third-order valence-electron chi connectivity index (χ3n) is 4.30. The van der Waals surface area contributed by atoms with E-state index in [4.69, 9.17) is 9.40 Å². The van der Waals surface area contributed by atoms with Gasteiger partial charge in [-0.1, -0.05) is 35.5 Å². The molecule has 0 saturated carbocycles. The van der Waals surface area contributed by atoms with Crippen LogP contribution in [0.4, 0.5) is 0 Å². The Labute approximate surface area is 166 Å². The van der Waals surface area contributed by atoms with Gasteiger partial charge in [-0.05, 0) is 32.9 Å². The number of hydrogen-bond donors (Lipinski definition) is 0. The zero-order valence-electron chi connectivity index (χ0n) is 15.5. The molecule has 0 atom stereocenters.